The van der Waals surface area contributed by atoms with Crippen molar-refractivity contribution in [2.75, 3.05) is 6.54 Å². The van der Waals surface area contributed by atoms with Gasteiger partial charge in [-0.25, -0.2) is 4.79 Å². The number of amides is 1. The number of nitrogens with zero attached hydrogens (tertiary/aromatic N) is 1. The molecule has 2 heterocycles. The summed E-state index contributed by atoms with van der Waals surface area (Å²) < 4.78 is 0. The molecule has 1 saturated heterocycles. The van der Waals surface area contributed by atoms with Gasteiger partial charge in [-0.1, -0.05) is 13.0 Å². The number of H-pyrrole nitrogens is 1. The molecule has 1 aromatic carbocycles. The number of carbonyl (C=O) groups is 2. The fraction of sp³-hybridized carbons (Fsp3) is 0.375. The molecule has 1 aliphatic heterocycles. The van der Waals surface area contributed by atoms with E-state index in [2.05, 4.69) is 4.98 Å². The molecule has 0 saturated carbocycles. The Bertz CT molecular complexity index is 706. The maximum atomic E-state index is 12.7. The molecule has 21 heavy (non-hydrogen) atoms. The highest BCUT2D eigenvalue weighted by molar-refractivity contribution is 6.00. The van der Waals surface area contributed by atoms with Gasteiger partial charge in [-0.3, -0.25) is 4.79 Å². The second-order valence-corrected chi connectivity index (χ2v) is 5.53. The first-order chi connectivity index (χ1) is 10.1. The molecule has 1 atom stereocenters. The third kappa shape index (κ3) is 2.00. The van der Waals surface area contributed by atoms with E-state index in [4.69, 9.17) is 0 Å². The molecule has 2 aromatic rings. The van der Waals surface area contributed by atoms with Crippen molar-refractivity contribution in [1.82, 2.24) is 9.88 Å². The zero-order valence-corrected chi connectivity index (χ0v) is 11.9. The van der Waals surface area contributed by atoms with Gasteiger partial charge in [0.25, 0.3) is 5.91 Å². The first kappa shape index (κ1) is 13.7. The molecule has 1 aliphatic rings. The Balaban J connectivity index is 1.98. The minimum Gasteiger partial charge on any atom is -0.479 e. The van der Waals surface area contributed by atoms with Crippen LogP contribution in [-0.2, 0) is 4.79 Å². The summed E-state index contributed by atoms with van der Waals surface area (Å²) in [5, 5.41) is 10.6. The second kappa shape index (κ2) is 4.91. The lowest BCUT2D eigenvalue weighted by Crippen LogP contribution is -2.52. The number of carboxylic acids is 1. The first-order valence-electron chi connectivity index (χ1n) is 7.21. The van der Waals surface area contributed by atoms with Gasteiger partial charge in [0.1, 0.15) is 5.54 Å². The molecule has 3 rings (SSSR count). The molecule has 0 spiro atoms. The Labute approximate surface area is 122 Å². The number of hydrogen-bond donors (Lipinski definition) is 2. The molecule has 5 heteroatoms. The van der Waals surface area contributed by atoms with Gasteiger partial charge in [0.2, 0.25) is 0 Å². The van der Waals surface area contributed by atoms with Gasteiger partial charge in [0.15, 0.2) is 0 Å². The van der Waals surface area contributed by atoms with Gasteiger partial charge in [-0.05, 0) is 42.8 Å². The van der Waals surface area contributed by atoms with Crippen molar-refractivity contribution in [2.24, 2.45) is 0 Å². The monoisotopic (exact) mass is 286 g/mol. The van der Waals surface area contributed by atoms with Crippen molar-refractivity contribution in [3.63, 3.8) is 0 Å². The molecule has 1 amide bonds. The number of carboxylic acid groups (broad SMARTS) is 1. The van der Waals surface area contributed by atoms with Gasteiger partial charge in [-0.2, -0.15) is 0 Å². The Kier molecular flexibility index (Phi) is 3.20. The third-order valence-electron chi connectivity index (χ3n) is 4.52. The smallest absolute Gasteiger partial charge is 0.329 e. The fourth-order valence-electron chi connectivity index (χ4n) is 3.25. The summed E-state index contributed by atoms with van der Waals surface area (Å²) in [6.07, 6.45) is 3.51. The van der Waals surface area contributed by atoms with E-state index in [9.17, 15) is 14.7 Å². The van der Waals surface area contributed by atoms with Crippen LogP contribution in [0, 0.1) is 0 Å². The van der Waals surface area contributed by atoms with E-state index < -0.39 is 11.5 Å². The van der Waals surface area contributed by atoms with Gasteiger partial charge < -0.3 is 15.0 Å². The summed E-state index contributed by atoms with van der Waals surface area (Å²) in [4.78, 5) is 29.0. The molecular weight excluding hydrogens is 268 g/mol. The van der Waals surface area contributed by atoms with Gasteiger partial charge in [0, 0.05) is 23.8 Å². The standard InChI is InChI=1S/C16H18N2O3/c1-2-16(15(20)21)7-3-9-18(16)14(19)12-5-4-11-6-8-17-13(11)10-12/h4-6,8,10,17H,2-3,7,9H2,1H3,(H,20,21). The number of aromatic amines is 1. The zero-order valence-electron chi connectivity index (χ0n) is 11.9. The Morgan fingerprint density at radius 1 is 1.38 bits per heavy atom. The maximum absolute atomic E-state index is 12.7. The van der Waals surface area contributed by atoms with Gasteiger partial charge >= 0.3 is 5.97 Å². The normalized spacial score (nSPS) is 21.9. The van der Waals surface area contributed by atoms with Crippen LogP contribution in [0.5, 0.6) is 0 Å². The molecule has 1 fully saturated rings. The highest BCUT2D eigenvalue weighted by Crippen LogP contribution is 2.34. The number of aliphatic carboxylic acids is 1. The van der Waals surface area contributed by atoms with Crippen LogP contribution in [0.1, 0.15) is 36.5 Å². The van der Waals surface area contributed by atoms with Crippen LogP contribution in [0.15, 0.2) is 30.5 Å². The SMILES string of the molecule is CCC1(C(=O)O)CCCN1C(=O)c1ccc2cc[nH]c2c1. The van der Waals surface area contributed by atoms with E-state index in [1.807, 2.05) is 25.3 Å². The molecule has 5 nitrogen and oxygen atoms in total. The van der Waals surface area contributed by atoms with Crippen LogP contribution in [0.25, 0.3) is 10.9 Å². The summed E-state index contributed by atoms with van der Waals surface area (Å²) in [7, 11) is 0. The van der Waals surface area contributed by atoms with E-state index in [0.717, 1.165) is 17.3 Å². The summed E-state index contributed by atoms with van der Waals surface area (Å²) in [5.74, 6) is -1.11. The van der Waals surface area contributed by atoms with Crippen LogP contribution in [-0.4, -0.2) is 39.0 Å². The molecule has 1 aromatic heterocycles. The quantitative estimate of drug-likeness (QED) is 0.911. The van der Waals surface area contributed by atoms with E-state index in [1.54, 1.807) is 12.1 Å². The average molecular weight is 286 g/mol. The van der Waals surface area contributed by atoms with Crippen LogP contribution in [0.4, 0.5) is 0 Å². The van der Waals surface area contributed by atoms with Gasteiger partial charge in [0.05, 0.1) is 0 Å². The van der Waals surface area contributed by atoms with E-state index in [1.165, 1.54) is 4.90 Å². The number of fused-ring (bicyclic) bond motifs is 1. The molecular formula is C16H18N2O3. The van der Waals surface area contributed by atoms with Crippen LogP contribution in [0.3, 0.4) is 0 Å². The predicted octanol–water partition coefficient (Wildman–Crippen LogP) is 2.64. The van der Waals surface area contributed by atoms with Crippen molar-refractivity contribution in [3.05, 3.63) is 36.0 Å². The molecule has 1 unspecified atom stereocenters. The summed E-state index contributed by atoms with van der Waals surface area (Å²) in [6.45, 7) is 2.33. The lowest BCUT2D eigenvalue weighted by atomic mass is 9.92. The van der Waals surface area contributed by atoms with Crippen molar-refractivity contribution >= 4 is 22.8 Å². The number of hydrogen-bond acceptors (Lipinski definition) is 2. The third-order valence-corrected chi connectivity index (χ3v) is 4.52. The van der Waals surface area contributed by atoms with Gasteiger partial charge in [-0.15, -0.1) is 0 Å². The van der Waals surface area contributed by atoms with Crippen molar-refractivity contribution in [2.45, 2.75) is 31.7 Å². The zero-order chi connectivity index (χ0) is 15.0. The highest BCUT2D eigenvalue weighted by atomic mass is 16.4. The molecule has 2 N–H and O–H groups in total. The summed E-state index contributed by atoms with van der Waals surface area (Å²) >= 11 is 0. The molecule has 0 radical (unpaired) electrons. The highest BCUT2D eigenvalue weighted by Gasteiger charge is 2.48. The Morgan fingerprint density at radius 2 is 2.19 bits per heavy atom. The lowest BCUT2D eigenvalue weighted by molar-refractivity contribution is -0.148. The van der Waals surface area contributed by atoms with Crippen LogP contribution < -0.4 is 0 Å². The number of likely N-dealkylation sites (tertiary alicyclic amines) is 1. The molecule has 0 aliphatic carbocycles. The van der Waals surface area contributed by atoms with Crippen molar-refractivity contribution < 1.29 is 14.7 Å². The summed E-state index contributed by atoms with van der Waals surface area (Å²) in [5.41, 5.74) is 0.366. The minimum absolute atomic E-state index is 0.201. The predicted molar refractivity (Wildman–Crippen MR) is 79.2 cm³/mol. The van der Waals surface area contributed by atoms with E-state index in [0.29, 0.717) is 24.9 Å². The molecule has 110 valence electrons. The number of aromatic nitrogens is 1. The Morgan fingerprint density at radius 3 is 2.90 bits per heavy atom. The first-order valence-corrected chi connectivity index (χ1v) is 7.21. The van der Waals surface area contributed by atoms with Crippen LogP contribution in [0.2, 0.25) is 0 Å². The van der Waals surface area contributed by atoms with Crippen molar-refractivity contribution in [3.8, 4) is 0 Å². The van der Waals surface area contributed by atoms with Crippen LogP contribution >= 0.6 is 0 Å². The number of benzene rings is 1. The molecule has 0 bridgehead atoms. The topological polar surface area (TPSA) is 73.4 Å². The number of nitrogens with one attached hydrogen (secondary N) is 1. The van der Waals surface area contributed by atoms with Crippen molar-refractivity contribution in [1.29, 1.82) is 0 Å². The Hall–Kier alpha value is -2.30. The average Bonchev–Trinajstić information content (AvgIpc) is 3.12. The minimum atomic E-state index is -1.05. The van der Waals surface area contributed by atoms with E-state index >= 15 is 0 Å². The number of rotatable bonds is 3. The second-order valence-electron chi connectivity index (χ2n) is 5.53. The van der Waals surface area contributed by atoms with E-state index in [-0.39, 0.29) is 5.91 Å². The maximum Gasteiger partial charge on any atom is 0.329 e. The summed E-state index contributed by atoms with van der Waals surface area (Å²) in [6, 6.07) is 7.37. The fourth-order valence-corrected chi connectivity index (χ4v) is 3.25. The lowest BCUT2D eigenvalue weighted by Gasteiger charge is -2.34. The largest absolute Gasteiger partial charge is 0.479 e. The number of carbonyl (C=O) groups excluding carboxylic acids is 1.